The van der Waals surface area contributed by atoms with Crippen LogP contribution in [0.5, 0.6) is 5.88 Å². The van der Waals surface area contributed by atoms with Crippen molar-refractivity contribution in [3.05, 3.63) is 30.0 Å². The molecule has 0 spiro atoms. The normalized spacial score (nSPS) is 11.6. The summed E-state index contributed by atoms with van der Waals surface area (Å²) in [6.45, 7) is 0.559. The van der Waals surface area contributed by atoms with Crippen LogP contribution >= 0.6 is 0 Å². The molecule has 0 aliphatic carbocycles. The fourth-order valence-corrected chi connectivity index (χ4v) is 1.09. The Bertz CT molecular complexity index is 441. The number of halogens is 3. The van der Waals surface area contributed by atoms with Crippen molar-refractivity contribution in [1.29, 1.82) is 0 Å². The van der Waals surface area contributed by atoms with Gasteiger partial charge in [-0.3, -0.25) is 0 Å². The first-order valence-corrected chi connectivity index (χ1v) is 5.41. The number of hydrogen-bond donors (Lipinski definition) is 0. The third kappa shape index (κ3) is 6.44. The molecule has 104 valence electrons. The Morgan fingerprint density at radius 1 is 1.42 bits per heavy atom. The number of esters is 1. The minimum absolute atomic E-state index is 0.134. The van der Waals surface area contributed by atoms with Gasteiger partial charge in [0.25, 0.3) is 0 Å². The molecular weight excluding hydrogens is 263 g/mol. The maximum absolute atomic E-state index is 11.9. The predicted octanol–water partition coefficient (Wildman–Crippen LogP) is 2.60. The van der Waals surface area contributed by atoms with Gasteiger partial charge in [0.15, 0.2) is 6.61 Å². The molecule has 0 aliphatic heterocycles. The van der Waals surface area contributed by atoms with E-state index in [0.29, 0.717) is 5.56 Å². The molecule has 0 amide bonds. The minimum Gasteiger partial charge on any atom is -0.468 e. The molecule has 0 saturated heterocycles. The van der Waals surface area contributed by atoms with Crippen molar-refractivity contribution < 1.29 is 27.4 Å². The molecule has 0 radical (unpaired) electrons. The first kappa shape index (κ1) is 15.0. The number of aromatic nitrogens is 1. The maximum atomic E-state index is 11.9. The molecule has 1 rings (SSSR count). The van der Waals surface area contributed by atoms with Gasteiger partial charge < -0.3 is 9.47 Å². The zero-order valence-corrected chi connectivity index (χ0v) is 10.1. The Balaban J connectivity index is 2.54. The van der Waals surface area contributed by atoms with Crippen molar-refractivity contribution in [1.82, 2.24) is 4.98 Å². The second-order valence-corrected chi connectivity index (χ2v) is 3.42. The van der Waals surface area contributed by atoms with Crippen LogP contribution in [0.1, 0.15) is 12.5 Å². The van der Waals surface area contributed by atoms with Gasteiger partial charge in [-0.05, 0) is 24.6 Å². The number of rotatable bonds is 5. The van der Waals surface area contributed by atoms with E-state index in [-0.39, 0.29) is 12.5 Å². The molecule has 0 bridgehead atoms. The van der Waals surface area contributed by atoms with Crippen molar-refractivity contribution in [2.24, 2.45) is 0 Å². The first-order valence-electron chi connectivity index (χ1n) is 5.41. The van der Waals surface area contributed by atoms with Gasteiger partial charge in [-0.15, -0.1) is 0 Å². The number of carbonyl (C=O) groups excluding carboxylic acids is 1. The smallest absolute Gasteiger partial charge is 0.422 e. The molecule has 1 aromatic heterocycles. The van der Waals surface area contributed by atoms with Crippen LogP contribution in [0.15, 0.2) is 24.4 Å². The van der Waals surface area contributed by atoms with Crippen LogP contribution < -0.4 is 4.74 Å². The van der Waals surface area contributed by atoms with Crippen LogP contribution in [-0.2, 0) is 9.53 Å². The molecule has 0 N–H and O–H groups in total. The maximum Gasteiger partial charge on any atom is 0.422 e. The number of alkyl halides is 3. The largest absolute Gasteiger partial charge is 0.468 e. The van der Waals surface area contributed by atoms with Gasteiger partial charge in [0.2, 0.25) is 5.88 Å². The number of nitrogens with zero attached hydrogens (tertiary/aromatic N) is 1. The highest BCUT2D eigenvalue weighted by atomic mass is 19.4. The second kappa shape index (κ2) is 6.77. The van der Waals surface area contributed by atoms with Crippen molar-refractivity contribution in [2.45, 2.75) is 13.1 Å². The third-order valence-corrected chi connectivity index (χ3v) is 1.84. The van der Waals surface area contributed by atoms with E-state index in [1.807, 2.05) is 0 Å². The summed E-state index contributed by atoms with van der Waals surface area (Å²) in [6, 6.07) is 2.77. The third-order valence-electron chi connectivity index (χ3n) is 1.84. The highest BCUT2D eigenvalue weighted by Gasteiger charge is 2.28. The summed E-state index contributed by atoms with van der Waals surface area (Å²) in [5.74, 6) is -0.634. The van der Waals surface area contributed by atoms with E-state index in [2.05, 4.69) is 14.5 Å². The highest BCUT2D eigenvalue weighted by Crippen LogP contribution is 2.17. The average Bonchev–Trinajstić information content (AvgIpc) is 2.34. The van der Waals surface area contributed by atoms with Gasteiger partial charge in [-0.25, -0.2) is 9.78 Å². The van der Waals surface area contributed by atoms with Gasteiger partial charge in [-0.1, -0.05) is 0 Å². The molecular formula is C12H12F3NO3. The Morgan fingerprint density at radius 3 is 2.68 bits per heavy atom. The molecule has 0 atom stereocenters. The Morgan fingerprint density at radius 2 is 2.16 bits per heavy atom. The van der Waals surface area contributed by atoms with E-state index in [1.165, 1.54) is 30.5 Å². The van der Waals surface area contributed by atoms with Crippen LogP contribution in [0.3, 0.4) is 0 Å². The zero-order valence-electron chi connectivity index (χ0n) is 10.1. The van der Waals surface area contributed by atoms with Crippen LogP contribution in [0.25, 0.3) is 6.08 Å². The molecule has 1 aromatic rings. The first-order chi connectivity index (χ1) is 8.90. The average molecular weight is 275 g/mol. The molecule has 4 nitrogen and oxygen atoms in total. The standard InChI is InChI=1S/C12H12F3NO3/c1-2-18-11(17)6-4-9-3-5-10(16-7-9)19-8-12(13,14)15/h3-7H,2,8H2,1H3. The van der Waals surface area contributed by atoms with E-state index in [4.69, 9.17) is 0 Å². The summed E-state index contributed by atoms with van der Waals surface area (Å²) in [5.41, 5.74) is 0.549. The number of hydrogen-bond acceptors (Lipinski definition) is 4. The quantitative estimate of drug-likeness (QED) is 0.612. The Hall–Kier alpha value is -2.05. The van der Waals surface area contributed by atoms with Crippen molar-refractivity contribution in [2.75, 3.05) is 13.2 Å². The number of carbonyl (C=O) groups is 1. The fourth-order valence-electron chi connectivity index (χ4n) is 1.09. The summed E-state index contributed by atoms with van der Waals surface area (Å²) in [4.78, 5) is 14.7. The molecule has 0 unspecified atom stereocenters. The summed E-state index contributed by atoms with van der Waals surface area (Å²) < 4.78 is 44.8. The fraction of sp³-hybridized carbons (Fsp3) is 0.333. The molecule has 19 heavy (non-hydrogen) atoms. The van der Waals surface area contributed by atoms with E-state index in [9.17, 15) is 18.0 Å². The minimum atomic E-state index is -4.40. The van der Waals surface area contributed by atoms with E-state index in [0.717, 1.165) is 0 Å². The Labute approximate surface area is 107 Å². The van der Waals surface area contributed by atoms with Gasteiger partial charge in [0.05, 0.1) is 6.61 Å². The molecule has 0 aromatic carbocycles. The lowest BCUT2D eigenvalue weighted by molar-refractivity contribution is -0.154. The monoisotopic (exact) mass is 275 g/mol. The van der Waals surface area contributed by atoms with E-state index in [1.54, 1.807) is 6.92 Å². The van der Waals surface area contributed by atoms with Crippen LogP contribution in [0.4, 0.5) is 13.2 Å². The molecule has 0 aliphatic rings. The summed E-state index contributed by atoms with van der Waals surface area (Å²) in [5, 5.41) is 0. The second-order valence-electron chi connectivity index (χ2n) is 3.42. The van der Waals surface area contributed by atoms with Crippen LogP contribution in [0, 0.1) is 0 Å². The lowest BCUT2D eigenvalue weighted by Gasteiger charge is -2.07. The summed E-state index contributed by atoms with van der Waals surface area (Å²) in [7, 11) is 0. The molecule has 1 heterocycles. The zero-order chi connectivity index (χ0) is 14.3. The van der Waals surface area contributed by atoms with E-state index >= 15 is 0 Å². The summed E-state index contributed by atoms with van der Waals surface area (Å²) in [6.07, 6.45) is -0.457. The predicted molar refractivity (Wildman–Crippen MR) is 61.5 cm³/mol. The van der Waals surface area contributed by atoms with Crippen LogP contribution in [0.2, 0.25) is 0 Å². The van der Waals surface area contributed by atoms with Gasteiger partial charge >= 0.3 is 12.1 Å². The lowest BCUT2D eigenvalue weighted by atomic mass is 10.2. The van der Waals surface area contributed by atoms with Gasteiger partial charge in [0.1, 0.15) is 0 Å². The highest BCUT2D eigenvalue weighted by molar-refractivity contribution is 5.86. The molecule has 0 saturated carbocycles. The summed E-state index contributed by atoms with van der Waals surface area (Å²) >= 11 is 0. The molecule has 7 heteroatoms. The lowest BCUT2D eigenvalue weighted by Crippen LogP contribution is -2.19. The van der Waals surface area contributed by atoms with Crippen LogP contribution in [-0.4, -0.2) is 30.3 Å². The number of ether oxygens (including phenoxy) is 2. The van der Waals surface area contributed by atoms with Crippen molar-refractivity contribution in [3.63, 3.8) is 0 Å². The van der Waals surface area contributed by atoms with Gasteiger partial charge in [-0.2, -0.15) is 13.2 Å². The Kier molecular flexibility index (Phi) is 5.35. The van der Waals surface area contributed by atoms with Crippen molar-refractivity contribution >= 4 is 12.0 Å². The van der Waals surface area contributed by atoms with Crippen molar-refractivity contribution in [3.8, 4) is 5.88 Å². The number of pyridine rings is 1. The topological polar surface area (TPSA) is 48.4 Å². The van der Waals surface area contributed by atoms with Gasteiger partial charge in [0, 0.05) is 18.3 Å². The SMILES string of the molecule is CCOC(=O)C=Cc1ccc(OCC(F)(F)F)nc1. The molecule has 0 fully saturated rings. The van der Waals surface area contributed by atoms with E-state index < -0.39 is 18.8 Å².